The summed E-state index contributed by atoms with van der Waals surface area (Å²) in [7, 11) is 1.63. The Morgan fingerprint density at radius 1 is 1.23 bits per heavy atom. The quantitative estimate of drug-likeness (QED) is 0.441. The standard InChI is InChI=1S/C23H25N3O3S/c1-29-13-5-12-25-22(28)19-11-8-17(14-20(19)24-23(25)30)21(27)26(18-9-10-18)15-16-6-3-2-4-7-16/h2-4,6-8,11,14,18H,5,9-10,12-13,15H2,1H3,(H,24,30). The molecule has 1 aliphatic carbocycles. The van der Waals surface area contributed by atoms with Crippen molar-refractivity contribution in [2.45, 2.75) is 38.4 Å². The number of aromatic amines is 1. The lowest BCUT2D eigenvalue weighted by Gasteiger charge is -2.23. The van der Waals surface area contributed by atoms with Crippen molar-refractivity contribution in [3.8, 4) is 0 Å². The molecule has 30 heavy (non-hydrogen) atoms. The molecular formula is C23H25N3O3S. The largest absolute Gasteiger partial charge is 0.385 e. The van der Waals surface area contributed by atoms with Crippen LogP contribution >= 0.6 is 12.2 Å². The van der Waals surface area contributed by atoms with Gasteiger partial charge in [0.15, 0.2) is 4.77 Å². The van der Waals surface area contributed by atoms with E-state index in [1.807, 2.05) is 35.2 Å². The molecule has 0 atom stereocenters. The number of hydrogen-bond acceptors (Lipinski definition) is 4. The summed E-state index contributed by atoms with van der Waals surface area (Å²) in [5.74, 6) is -0.0214. The van der Waals surface area contributed by atoms with Gasteiger partial charge < -0.3 is 14.6 Å². The summed E-state index contributed by atoms with van der Waals surface area (Å²) in [5, 5.41) is 0.526. The molecule has 1 heterocycles. The highest BCUT2D eigenvalue weighted by atomic mass is 32.1. The predicted octanol–water partition coefficient (Wildman–Crippen LogP) is 3.90. The molecular weight excluding hydrogens is 398 g/mol. The number of benzene rings is 2. The van der Waals surface area contributed by atoms with Crippen LogP contribution in [0.25, 0.3) is 10.9 Å². The lowest BCUT2D eigenvalue weighted by molar-refractivity contribution is 0.0730. The van der Waals surface area contributed by atoms with Crippen molar-refractivity contribution in [1.29, 1.82) is 0 Å². The van der Waals surface area contributed by atoms with Crippen molar-refractivity contribution in [2.24, 2.45) is 0 Å². The van der Waals surface area contributed by atoms with E-state index in [2.05, 4.69) is 4.98 Å². The maximum Gasteiger partial charge on any atom is 0.262 e. The SMILES string of the molecule is COCCCn1c(=S)[nH]c2cc(C(=O)N(Cc3ccccc3)C3CC3)ccc2c1=O. The van der Waals surface area contributed by atoms with Crippen molar-refractivity contribution in [3.63, 3.8) is 0 Å². The highest BCUT2D eigenvalue weighted by Gasteiger charge is 2.33. The minimum atomic E-state index is -0.146. The minimum absolute atomic E-state index is 0.0214. The Balaban J connectivity index is 1.63. The predicted molar refractivity (Wildman–Crippen MR) is 119 cm³/mol. The van der Waals surface area contributed by atoms with Crippen LogP contribution in [0.4, 0.5) is 0 Å². The van der Waals surface area contributed by atoms with Crippen molar-refractivity contribution in [2.75, 3.05) is 13.7 Å². The van der Waals surface area contributed by atoms with E-state index in [-0.39, 0.29) is 17.5 Å². The summed E-state index contributed by atoms with van der Waals surface area (Å²) < 4.78 is 6.96. The van der Waals surface area contributed by atoms with Crippen LogP contribution in [-0.2, 0) is 17.8 Å². The van der Waals surface area contributed by atoms with Crippen molar-refractivity contribution in [3.05, 3.63) is 74.8 Å². The maximum atomic E-state index is 13.3. The van der Waals surface area contributed by atoms with Crippen LogP contribution in [0, 0.1) is 4.77 Å². The fourth-order valence-corrected chi connectivity index (χ4v) is 3.94. The van der Waals surface area contributed by atoms with E-state index in [1.54, 1.807) is 29.9 Å². The molecule has 4 rings (SSSR count). The van der Waals surface area contributed by atoms with Crippen molar-refractivity contribution < 1.29 is 9.53 Å². The summed E-state index contributed by atoms with van der Waals surface area (Å²) in [6.45, 7) is 1.63. The number of fused-ring (bicyclic) bond motifs is 1. The van der Waals surface area contributed by atoms with Gasteiger partial charge in [0.2, 0.25) is 0 Å². The van der Waals surface area contributed by atoms with Gasteiger partial charge in [-0.25, -0.2) is 0 Å². The topological polar surface area (TPSA) is 67.3 Å². The van der Waals surface area contributed by atoms with Crippen LogP contribution in [0.5, 0.6) is 0 Å². The van der Waals surface area contributed by atoms with E-state index < -0.39 is 0 Å². The Morgan fingerprint density at radius 2 is 2.00 bits per heavy atom. The lowest BCUT2D eigenvalue weighted by Crippen LogP contribution is -2.32. The summed E-state index contributed by atoms with van der Waals surface area (Å²) in [6, 6.07) is 15.5. The Labute approximate surface area is 180 Å². The zero-order valence-electron chi connectivity index (χ0n) is 17.0. The van der Waals surface area contributed by atoms with Crippen LogP contribution in [0.1, 0.15) is 35.2 Å². The molecule has 0 saturated heterocycles. The first-order chi connectivity index (χ1) is 14.6. The summed E-state index contributed by atoms with van der Waals surface area (Å²) >= 11 is 5.39. The van der Waals surface area contributed by atoms with Gasteiger partial charge in [0.1, 0.15) is 0 Å². The number of amides is 1. The maximum absolute atomic E-state index is 13.3. The number of aromatic nitrogens is 2. The van der Waals surface area contributed by atoms with E-state index in [4.69, 9.17) is 17.0 Å². The third-order valence-corrected chi connectivity index (χ3v) is 5.73. The van der Waals surface area contributed by atoms with Gasteiger partial charge in [-0.2, -0.15) is 0 Å². The zero-order valence-corrected chi connectivity index (χ0v) is 17.8. The zero-order chi connectivity index (χ0) is 21.1. The van der Waals surface area contributed by atoms with Gasteiger partial charge in [0.25, 0.3) is 11.5 Å². The number of ether oxygens (including phenoxy) is 1. The summed E-state index contributed by atoms with van der Waals surface area (Å²) in [6.07, 6.45) is 2.76. The Morgan fingerprint density at radius 3 is 2.70 bits per heavy atom. The molecule has 7 heteroatoms. The van der Waals surface area contributed by atoms with Crippen LogP contribution in [0.3, 0.4) is 0 Å². The third kappa shape index (κ3) is 4.37. The molecule has 1 fully saturated rings. The Bertz CT molecular complexity index is 1170. The minimum Gasteiger partial charge on any atom is -0.385 e. The number of methoxy groups -OCH3 is 1. The highest BCUT2D eigenvalue weighted by molar-refractivity contribution is 7.71. The first-order valence-corrected chi connectivity index (χ1v) is 10.6. The molecule has 156 valence electrons. The molecule has 1 saturated carbocycles. The van der Waals surface area contributed by atoms with Crippen molar-refractivity contribution in [1.82, 2.24) is 14.5 Å². The molecule has 1 aromatic heterocycles. The normalized spacial score (nSPS) is 13.5. The Hall–Kier alpha value is -2.77. The van der Waals surface area contributed by atoms with Crippen LogP contribution in [-0.4, -0.2) is 40.1 Å². The number of H-pyrrole nitrogens is 1. The second-order valence-electron chi connectivity index (χ2n) is 7.64. The van der Waals surface area contributed by atoms with Gasteiger partial charge in [-0.15, -0.1) is 0 Å². The molecule has 0 radical (unpaired) electrons. The Kier molecular flexibility index (Phi) is 6.11. The van der Waals surface area contributed by atoms with E-state index >= 15 is 0 Å². The molecule has 3 aromatic rings. The molecule has 0 aliphatic heterocycles. The summed E-state index contributed by atoms with van der Waals surface area (Å²) in [5.41, 5.74) is 2.12. The molecule has 6 nitrogen and oxygen atoms in total. The van der Waals surface area contributed by atoms with Gasteiger partial charge in [-0.3, -0.25) is 14.2 Å². The molecule has 0 unspecified atom stereocenters. The number of hydrogen-bond donors (Lipinski definition) is 1. The average Bonchev–Trinajstić information content (AvgIpc) is 3.59. The van der Waals surface area contributed by atoms with Gasteiger partial charge in [0, 0.05) is 38.4 Å². The fourth-order valence-electron chi connectivity index (χ4n) is 3.66. The fraction of sp³-hybridized carbons (Fsp3) is 0.348. The first kappa shape index (κ1) is 20.5. The van der Waals surface area contributed by atoms with Gasteiger partial charge >= 0.3 is 0 Å². The van der Waals surface area contributed by atoms with E-state index in [0.29, 0.717) is 47.4 Å². The summed E-state index contributed by atoms with van der Waals surface area (Å²) in [4.78, 5) is 31.2. The molecule has 1 aliphatic rings. The van der Waals surface area contributed by atoms with Crippen molar-refractivity contribution >= 4 is 29.0 Å². The molecule has 0 spiro atoms. The number of nitrogens with zero attached hydrogens (tertiary/aromatic N) is 2. The molecule has 0 bridgehead atoms. The number of carbonyl (C=O) groups excluding carboxylic acids is 1. The third-order valence-electron chi connectivity index (χ3n) is 5.40. The second-order valence-corrected chi connectivity index (χ2v) is 8.03. The van der Waals surface area contributed by atoms with Gasteiger partial charge in [-0.05, 0) is 55.2 Å². The van der Waals surface area contributed by atoms with Crippen LogP contribution in [0.2, 0.25) is 0 Å². The monoisotopic (exact) mass is 423 g/mol. The van der Waals surface area contributed by atoms with Crippen LogP contribution < -0.4 is 5.56 Å². The number of nitrogens with one attached hydrogen (secondary N) is 1. The number of carbonyl (C=O) groups is 1. The van der Waals surface area contributed by atoms with E-state index in [0.717, 1.165) is 18.4 Å². The van der Waals surface area contributed by atoms with E-state index in [9.17, 15) is 9.59 Å². The second kappa shape index (κ2) is 8.93. The number of rotatable bonds is 8. The van der Waals surface area contributed by atoms with E-state index in [1.165, 1.54) is 0 Å². The van der Waals surface area contributed by atoms with Crippen LogP contribution in [0.15, 0.2) is 53.3 Å². The lowest BCUT2D eigenvalue weighted by atomic mass is 10.1. The molecule has 1 N–H and O–H groups in total. The van der Waals surface area contributed by atoms with Gasteiger partial charge in [0.05, 0.1) is 10.9 Å². The highest BCUT2D eigenvalue weighted by Crippen LogP contribution is 2.30. The first-order valence-electron chi connectivity index (χ1n) is 10.2. The molecule has 1 amide bonds. The average molecular weight is 424 g/mol. The van der Waals surface area contributed by atoms with Gasteiger partial charge in [-0.1, -0.05) is 30.3 Å². The smallest absolute Gasteiger partial charge is 0.262 e. The molecule has 2 aromatic carbocycles.